The highest BCUT2D eigenvalue weighted by molar-refractivity contribution is 6.31. The predicted molar refractivity (Wildman–Crippen MR) is 80.5 cm³/mol. The van der Waals surface area contributed by atoms with Crippen LogP contribution in [0.25, 0.3) is 0 Å². The molecule has 5 N–H and O–H groups in total. The van der Waals surface area contributed by atoms with Crippen molar-refractivity contribution in [2.45, 2.75) is 6.18 Å². The fourth-order valence-electron chi connectivity index (χ4n) is 1.79. The summed E-state index contributed by atoms with van der Waals surface area (Å²) in [4.78, 5) is 11.8. The quantitative estimate of drug-likeness (QED) is 0.409. The van der Waals surface area contributed by atoms with E-state index in [1.165, 1.54) is 6.07 Å². The number of aromatic hydroxyl groups is 3. The molecule has 0 unspecified atom stereocenters. The maximum Gasteiger partial charge on any atom is 0.417 e. The summed E-state index contributed by atoms with van der Waals surface area (Å²) in [6.07, 6.45) is -4.68. The fourth-order valence-corrected chi connectivity index (χ4v) is 2.01. The number of phenolic OH excluding ortho intramolecular Hbond substituents is 3. The minimum Gasteiger partial charge on any atom is -0.504 e. The van der Waals surface area contributed by atoms with Gasteiger partial charge in [0.05, 0.1) is 16.3 Å². The van der Waals surface area contributed by atoms with Crippen molar-refractivity contribution < 1.29 is 33.3 Å². The summed E-state index contributed by atoms with van der Waals surface area (Å²) in [6.45, 7) is 0. The molecule has 0 radical (unpaired) electrons. The van der Waals surface area contributed by atoms with E-state index in [9.17, 15) is 33.3 Å². The van der Waals surface area contributed by atoms with Crippen LogP contribution in [-0.4, -0.2) is 21.4 Å². The topological polar surface area (TPSA) is 102 Å². The van der Waals surface area contributed by atoms with Crippen LogP contribution in [0.4, 0.5) is 29.3 Å². The molecule has 10 heteroatoms. The Kier molecular flexibility index (Phi) is 4.65. The summed E-state index contributed by atoms with van der Waals surface area (Å²) in [7, 11) is 0. The van der Waals surface area contributed by atoms with Gasteiger partial charge in [-0.1, -0.05) is 11.6 Å². The Morgan fingerprint density at radius 1 is 0.958 bits per heavy atom. The summed E-state index contributed by atoms with van der Waals surface area (Å²) < 4.78 is 38.2. The predicted octanol–water partition coefficient (Wildman–Crippen LogP) is 4.12. The average molecular weight is 363 g/mol. The summed E-state index contributed by atoms with van der Waals surface area (Å²) in [5.74, 6) is -2.14. The molecule has 2 aromatic carbocycles. The second kappa shape index (κ2) is 6.36. The first-order chi connectivity index (χ1) is 11.1. The molecule has 0 aliphatic carbocycles. The van der Waals surface area contributed by atoms with Gasteiger partial charge in [-0.15, -0.1) is 0 Å². The largest absolute Gasteiger partial charge is 0.504 e. The van der Waals surface area contributed by atoms with Gasteiger partial charge < -0.3 is 26.0 Å². The molecule has 6 nitrogen and oxygen atoms in total. The van der Waals surface area contributed by atoms with Gasteiger partial charge in [-0.05, 0) is 18.2 Å². The molecule has 0 saturated heterocycles. The molecule has 2 rings (SSSR count). The lowest BCUT2D eigenvalue weighted by Gasteiger charge is -2.12. The van der Waals surface area contributed by atoms with Crippen molar-refractivity contribution in [2.24, 2.45) is 0 Å². The number of alkyl halides is 3. The third kappa shape index (κ3) is 3.93. The Morgan fingerprint density at radius 2 is 1.50 bits per heavy atom. The molecule has 0 fully saturated rings. The average Bonchev–Trinajstić information content (AvgIpc) is 2.45. The number of benzene rings is 2. The van der Waals surface area contributed by atoms with Gasteiger partial charge in [0.15, 0.2) is 17.2 Å². The zero-order chi connectivity index (χ0) is 18.1. The number of urea groups is 1. The smallest absolute Gasteiger partial charge is 0.417 e. The SMILES string of the molecule is O=C(Nc1cc(O)c(O)c(O)c1)Nc1ccc(Cl)c(C(F)(F)F)c1. The lowest BCUT2D eigenvalue weighted by atomic mass is 10.2. The first-order valence-electron chi connectivity index (χ1n) is 6.27. The standard InChI is InChI=1S/C14H10ClF3N2O4/c15-9-2-1-6(3-8(9)14(16,17)18)19-13(24)20-7-4-10(21)12(23)11(22)5-7/h1-5,21-23H,(H2,19,20,24). The molecule has 2 amide bonds. The molecule has 24 heavy (non-hydrogen) atoms. The summed E-state index contributed by atoms with van der Waals surface area (Å²) >= 11 is 5.47. The van der Waals surface area contributed by atoms with Gasteiger partial charge in [-0.3, -0.25) is 0 Å². The van der Waals surface area contributed by atoms with E-state index in [0.717, 1.165) is 18.2 Å². The summed E-state index contributed by atoms with van der Waals surface area (Å²) in [6, 6.07) is 3.76. The van der Waals surface area contributed by atoms with Crippen LogP contribution in [0.1, 0.15) is 5.56 Å². The maximum absolute atomic E-state index is 12.7. The minimum atomic E-state index is -4.68. The summed E-state index contributed by atoms with van der Waals surface area (Å²) in [5.41, 5.74) is -1.37. The van der Waals surface area contributed by atoms with Gasteiger partial charge in [0.25, 0.3) is 0 Å². The number of hydrogen-bond donors (Lipinski definition) is 5. The van der Waals surface area contributed by atoms with Crippen LogP contribution >= 0.6 is 11.6 Å². The van der Waals surface area contributed by atoms with Gasteiger partial charge in [0.1, 0.15) is 0 Å². The number of hydrogen-bond acceptors (Lipinski definition) is 4. The Bertz CT molecular complexity index is 773. The van der Waals surface area contributed by atoms with Crippen LogP contribution in [0.15, 0.2) is 30.3 Å². The minimum absolute atomic E-state index is 0.0923. The van der Waals surface area contributed by atoms with E-state index in [2.05, 4.69) is 10.6 Å². The van der Waals surface area contributed by atoms with Crippen molar-refractivity contribution in [1.82, 2.24) is 0 Å². The fraction of sp³-hybridized carbons (Fsp3) is 0.0714. The number of halogens is 4. The van der Waals surface area contributed by atoms with E-state index in [1.54, 1.807) is 0 Å². The lowest BCUT2D eigenvalue weighted by molar-refractivity contribution is -0.137. The molecule has 2 aromatic rings. The van der Waals surface area contributed by atoms with Crippen molar-refractivity contribution in [3.05, 3.63) is 40.9 Å². The van der Waals surface area contributed by atoms with Gasteiger partial charge in [0.2, 0.25) is 0 Å². The molecule has 0 aliphatic heterocycles. The normalized spacial score (nSPS) is 11.2. The van der Waals surface area contributed by atoms with E-state index in [1.807, 2.05) is 0 Å². The van der Waals surface area contributed by atoms with Crippen molar-refractivity contribution in [1.29, 1.82) is 0 Å². The Balaban J connectivity index is 2.16. The number of nitrogens with one attached hydrogen (secondary N) is 2. The number of carbonyl (C=O) groups is 1. The van der Waals surface area contributed by atoms with E-state index >= 15 is 0 Å². The summed E-state index contributed by atoms with van der Waals surface area (Å²) in [5, 5.41) is 31.6. The van der Waals surface area contributed by atoms with Crippen LogP contribution < -0.4 is 10.6 Å². The highest BCUT2D eigenvalue weighted by Gasteiger charge is 2.33. The van der Waals surface area contributed by atoms with Gasteiger partial charge in [-0.25, -0.2) is 4.79 Å². The first kappa shape index (κ1) is 17.5. The van der Waals surface area contributed by atoms with Crippen LogP contribution in [0.5, 0.6) is 17.2 Å². The molecule has 0 heterocycles. The molecule has 0 aromatic heterocycles. The molecular formula is C14H10ClF3N2O4. The maximum atomic E-state index is 12.7. The number of carbonyl (C=O) groups excluding carboxylic acids is 1. The van der Waals surface area contributed by atoms with Crippen molar-refractivity contribution in [3.63, 3.8) is 0 Å². The zero-order valence-electron chi connectivity index (χ0n) is 11.6. The molecule has 128 valence electrons. The number of anilines is 2. The number of rotatable bonds is 2. The van der Waals surface area contributed by atoms with Crippen molar-refractivity contribution in [3.8, 4) is 17.2 Å². The van der Waals surface area contributed by atoms with Crippen molar-refractivity contribution in [2.75, 3.05) is 10.6 Å². The van der Waals surface area contributed by atoms with Crippen LogP contribution in [0.3, 0.4) is 0 Å². The highest BCUT2D eigenvalue weighted by Crippen LogP contribution is 2.38. The monoisotopic (exact) mass is 362 g/mol. The Morgan fingerprint density at radius 3 is 2.04 bits per heavy atom. The molecule has 0 atom stereocenters. The van der Waals surface area contributed by atoms with Crippen LogP contribution in [0.2, 0.25) is 5.02 Å². The molecule has 0 bridgehead atoms. The zero-order valence-corrected chi connectivity index (χ0v) is 12.4. The van der Waals surface area contributed by atoms with Crippen molar-refractivity contribution >= 4 is 29.0 Å². The second-order valence-corrected chi connectivity index (χ2v) is 5.04. The number of phenols is 3. The van der Waals surface area contributed by atoms with Gasteiger partial charge in [0, 0.05) is 17.8 Å². The third-order valence-electron chi connectivity index (χ3n) is 2.86. The van der Waals surface area contributed by atoms with E-state index in [-0.39, 0.29) is 11.4 Å². The Hall–Kier alpha value is -2.81. The van der Waals surface area contributed by atoms with E-state index < -0.39 is 40.0 Å². The van der Waals surface area contributed by atoms with Gasteiger partial charge in [-0.2, -0.15) is 13.2 Å². The Labute approximate surface area is 138 Å². The van der Waals surface area contributed by atoms with Crippen LogP contribution in [0, 0.1) is 0 Å². The molecule has 0 spiro atoms. The number of amides is 2. The third-order valence-corrected chi connectivity index (χ3v) is 3.19. The molecule has 0 aliphatic rings. The molecular weight excluding hydrogens is 353 g/mol. The van der Waals surface area contributed by atoms with Gasteiger partial charge >= 0.3 is 12.2 Å². The van der Waals surface area contributed by atoms with E-state index in [0.29, 0.717) is 6.07 Å². The van der Waals surface area contributed by atoms with E-state index in [4.69, 9.17) is 11.6 Å². The highest BCUT2D eigenvalue weighted by atomic mass is 35.5. The van der Waals surface area contributed by atoms with Crippen LogP contribution in [-0.2, 0) is 6.18 Å². The second-order valence-electron chi connectivity index (χ2n) is 4.63. The lowest BCUT2D eigenvalue weighted by Crippen LogP contribution is -2.19. The first-order valence-corrected chi connectivity index (χ1v) is 6.65. The molecule has 0 saturated carbocycles.